The number of carbonyl (C=O) groups is 1. The highest BCUT2D eigenvalue weighted by Crippen LogP contribution is 2.33. The lowest BCUT2D eigenvalue weighted by Crippen LogP contribution is -2.55. The number of esters is 1. The van der Waals surface area contributed by atoms with Crippen molar-refractivity contribution >= 4 is 5.97 Å². The monoisotopic (exact) mass is 310 g/mol. The zero-order valence-electron chi connectivity index (χ0n) is 13.1. The molecule has 1 saturated carbocycles. The molecular weight excluding hydrogens is 285 g/mol. The third-order valence-electron chi connectivity index (χ3n) is 3.85. The van der Waals surface area contributed by atoms with E-state index in [2.05, 4.69) is 5.32 Å². The molecule has 124 valence electrons. The Morgan fingerprint density at radius 3 is 2.38 bits per heavy atom. The third kappa shape index (κ3) is 5.47. The van der Waals surface area contributed by atoms with Crippen LogP contribution in [0.5, 0.6) is 0 Å². The number of carbonyl (C=O) groups excluding carboxylic acids is 1. The van der Waals surface area contributed by atoms with E-state index in [0.717, 1.165) is 12.8 Å². The number of nitrogens with one attached hydrogen (secondary N) is 1. The second kappa shape index (κ2) is 6.96. The van der Waals surface area contributed by atoms with Crippen molar-refractivity contribution in [2.45, 2.75) is 63.8 Å². The molecule has 7 heteroatoms. The Hall–Kier alpha value is -0.820. The van der Waals surface area contributed by atoms with Crippen molar-refractivity contribution in [3.63, 3.8) is 0 Å². The van der Waals surface area contributed by atoms with E-state index in [-0.39, 0.29) is 18.5 Å². The molecule has 1 N–H and O–H groups in total. The maximum absolute atomic E-state index is 12.7. The first-order chi connectivity index (χ1) is 9.63. The minimum Gasteiger partial charge on any atom is -0.468 e. The first kappa shape index (κ1) is 18.2. The molecule has 1 aliphatic carbocycles. The van der Waals surface area contributed by atoms with Crippen LogP contribution in [0.4, 0.5) is 13.2 Å². The van der Waals surface area contributed by atoms with Gasteiger partial charge in [0, 0.05) is 12.1 Å². The lowest BCUT2D eigenvalue weighted by molar-refractivity contribution is -0.155. The van der Waals surface area contributed by atoms with Gasteiger partial charge in [-0.1, -0.05) is 6.92 Å². The van der Waals surface area contributed by atoms with E-state index in [9.17, 15) is 18.0 Å². The molecule has 0 aromatic heterocycles. The average molecular weight is 310 g/mol. The highest BCUT2D eigenvalue weighted by Gasteiger charge is 2.43. The number of rotatable bonds is 8. The van der Waals surface area contributed by atoms with Gasteiger partial charge in [-0.2, -0.15) is 13.2 Å². The van der Waals surface area contributed by atoms with E-state index >= 15 is 0 Å². The van der Waals surface area contributed by atoms with Crippen molar-refractivity contribution in [1.82, 2.24) is 10.2 Å². The zero-order valence-corrected chi connectivity index (χ0v) is 13.1. The Balaban J connectivity index is 2.78. The second-order valence-electron chi connectivity index (χ2n) is 5.93. The van der Waals surface area contributed by atoms with Gasteiger partial charge in [-0.3, -0.25) is 9.69 Å². The Morgan fingerprint density at radius 2 is 2.00 bits per heavy atom. The minimum absolute atomic E-state index is 0.0230. The van der Waals surface area contributed by atoms with E-state index in [0.29, 0.717) is 6.54 Å². The molecule has 0 saturated heterocycles. The van der Waals surface area contributed by atoms with Gasteiger partial charge in [0.05, 0.1) is 13.7 Å². The molecule has 2 atom stereocenters. The van der Waals surface area contributed by atoms with Crippen LogP contribution < -0.4 is 5.32 Å². The molecule has 0 aromatic carbocycles. The highest BCUT2D eigenvalue weighted by molar-refractivity contribution is 5.80. The number of hydrogen-bond donors (Lipinski definition) is 1. The van der Waals surface area contributed by atoms with Crippen molar-refractivity contribution in [2.24, 2.45) is 0 Å². The molecule has 1 aliphatic rings. The summed E-state index contributed by atoms with van der Waals surface area (Å²) in [4.78, 5) is 13.4. The fourth-order valence-electron chi connectivity index (χ4n) is 2.81. The fourth-order valence-corrected chi connectivity index (χ4v) is 2.81. The van der Waals surface area contributed by atoms with Crippen LogP contribution >= 0.6 is 0 Å². The molecule has 0 heterocycles. The summed E-state index contributed by atoms with van der Waals surface area (Å²) in [6.45, 7) is 4.88. The summed E-state index contributed by atoms with van der Waals surface area (Å²) in [5.74, 6) is -0.445. The van der Waals surface area contributed by atoms with Crippen molar-refractivity contribution < 1.29 is 22.7 Å². The van der Waals surface area contributed by atoms with Gasteiger partial charge < -0.3 is 10.1 Å². The molecule has 0 amide bonds. The fraction of sp³-hybridized carbons (Fsp3) is 0.929. The summed E-state index contributed by atoms with van der Waals surface area (Å²) in [7, 11) is 1.29. The van der Waals surface area contributed by atoms with Crippen LogP contribution in [0, 0.1) is 0 Å². The van der Waals surface area contributed by atoms with Gasteiger partial charge in [0.15, 0.2) is 0 Å². The van der Waals surface area contributed by atoms with Crippen molar-refractivity contribution in [2.75, 3.05) is 20.2 Å². The first-order valence-corrected chi connectivity index (χ1v) is 7.29. The van der Waals surface area contributed by atoms with E-state index in [4.69, 9.17) is 4.74 Å². The summed E-state index contributed by atoms with van der Waals surface area (Å²) in [5, 5.41) is 3.04. The molecule has 1 rings (SSSR count). The average Bonchev–Trinajstić information content (AvgIpc) is 3.18. The molecule has 0 radical (unpaired) electrons. The van der Waals surface area contributed by atoms with Gasteiger partial charge in [0.2, 0.25) is 0 Å². The van der Waals surface area contributed by atoms with Crippen LogP contribution in [0.2, 0.25) is 0 Å². The number of alkyl halides is 3. The second-order valence-corrected chi connectivity index (χ2v) is 5.93. The largest absolute Gasteiger partial charge is 0.468 e. The number of halogens is 3. The normalized spacial score (nSPS) is 20.2. The predicted octanol–water partition coefficient (Wildman–Crippen LogP) is 2.33. The zero-order chi connectivity index (χ0) is 16.3. The van der Waals surface area contributed by atoms with Crippen LogP contribution in [0.15, 0.2) is 0 Å². The van der Waals surface area contributed by atoms with Gasteiger partial charge in [0.1, 0.15) is 5.54 Å². The molecular formula is C14H25F3N2O2. The lowest BCUT2D eigenvalue weighted by Gasteiger charge is -2.36. The third-order valence-corrected chi connectivity index (χ3v) is 3.85. The number of likely N-dealkylation sites (N-methyl/N-ethyl adjacent to an activating group) is 1. The van der Waals surface area contributed by atoms with Crippen molar-refractivity contribution in [3.8, 4) is 0 Å². The maximum atomic E-state index is 12.7. The predicted molar refractivity (Wildman–Crippen MR) is 74.0 cm³/mol. The Bertz CT molecular complexity index is 359. The topological polar surface area (TPSA) is 41.6 Å². The first-order valence-electron chi connectivity index (χ1n) is 7.29. The molecule has 2 unspecified atom stereocenters. The molecule has 0 aromatic rings. The Labute approximate surface area is 124 Å². The molecule has 1 fully saturated rings. The standard InChI is InChI=1S/C14H25F3N2O2/c1-5-18-13(3,12(20)21-4)8-10(2)19(11-6-7-11)9-14(15,16)17/h10-11,18H,5-9H2,1-4H3. The number of hydrogen-bond acceptors (Lipinski definition) is 4. The number of nitrogens with zero attached hydrogens (tertiary/aromatic N) is 1. The summed E-state index contributed by atoms with van der Waals surface area (Å²) < 4.78 is 42.9. The SMILES string of the molecule is CCNC(C)(CC(C)N(CC(F)(F)F)C1CC1)C(=O)OC. The van der Waals surface area contributed by atoms with Crippen LogP contribution in [0.25, 0.3) is 0 Å². The maximum Gasteiger partial charge on any atom is 0.401 e. The lowest BCUT2D eigenvalue weighted by atomic mass is 9.92. The molecule has 4 nitrogen and oxygen atoms in total. The molecule has 0 bridgehead atoms. The molecule has 0 spiro atoms. The van der Waals surface area contributed by atoms with Crippen LogP contribution in [0.3, 0.4) is 0 Å². The van der Waals surface area contributed by atoms with Gasteiger partial charge in [-0.05, 0) is 39.7 Å². The van der Waals surface area contributed by atoms with E-state index < -0.39 is 24.2 Å². The van der Waals surface area contributed by atoms with Gasteiger partial charge in [0.25, 0.3) is 0 Å². The van der Waals surface area contributed by atoms with Crippen molar-refractivity contribution in [3.05, 3.63) is 0 Å². The minimum atomic E-state index is -4.23. The van der Waals surface area contributed by atoms with E-state index in [1.54, 1.807) is 13.8 Å². The summed E-state index contributed by atoms with van der Waals surface area (Å²) in [6, 6.07) is -0.382. The van der Waals surface area contributed by atoms with Gasteiger partial charge in [-0.15, -0.1) is 0 Å². The van der Waals surface area contributed by atoms with Crippen LogP contribution in [0.1, 0.15) is 40.0 Å². The summed E-state index contributed by atoms with van der Waals surface area (Å²) >= 11 is 0. The van der Waals surface area contributed by atoms with Gasteiger partial charge in [-0.25, -0.2) is 0 Å². The molecule has 0 aliphatic heterocycles. The smallest absolute Gasteiger partial charge is 0.401 e. The van der Waals surface area contributed by atoms with Crippen LogP contribution in [-0.2, 0) is 9.53 Å². The quantitative estimate of drug-likeness (QED) is 0.699. The highest BCUT2D eigenvalue weighted by atomic mass is 19.4. The van der Waals surface area contributed by atoms with Crippen molar-refractivity contribution in [1.29, 1.82) is 0 Å². The number of methoxy groups -OCH3 is 1. The molecule has 21 heavy (non-hydrogen) atoms. The Kier molecular flexibility index (Phi) is 6.04. The summed E-state index contributed by atoms with van der Waals surface area (Å²) in [5.41, 5.74) is -0.971. The number of ether oxygens (including phenoxy) is 1. The van der Waals surface area contributed by atoms with E-state index in [1.807, 2.05) is 6.92 Å². The van der Waals surface area contributed by atoms with E-state index in [1.165, 1.54) is 12.0 Å². The summed E-state index contributed by atoms with van der Waals surface area (Å²) in [6.07, 6.45) is -2.37. The van der Waals surface area contributed by atoms with Crippen LogP contribution in [-0.4, -0.2) is 54.9 Å². The Morgan fingerprint density at radius 1 is 1.43 bits per heavy atom. The van der Waals surface area contributed by atoms with Gasteiger partial charge >= 0.3 is 12.1 Å².